The van der Waals surface area contributed by atoms with Crippen LogP contribution in [0.25, 0.3) is 0 Å². The molecule has 0 spiro atoms. The summed E-state index contributed by atoms with van der Waals surface area (Å²) in [6, 6.07) is 9.92. The van der Waals surface area contributed by atoms with Crippen LogP contribution in [0.2, 0.25) is 0 Å². The molecule has 0 saturated carbocycles. The molecule has 2 rings (SSSR count). The van der Waals surface area contributed by atoms with Crippen molar-refractivity contribution >= 4 is 5.97 Å². The Morgan fingerprint density at radius 2 is 2.12 bits per heavy atom. The number of aromatic nitrogens is 3. The van der Waals surface area contributed by atoms with Crippen LogP contribution < -0.4 is 0 Å². The molecule has 0 radical (unpaired) electrons. The van der Waals surface area contributed by atoms with E-state index in [-0.39, 0.29) is 12.5 Å². The van der Waals surface area contributed by atoms with E-state index in [9.17, 15) is 4.79 Å². The summed E-state index contributed by atoms with van der Waals surface area (Å²) in [4.78, 5) is 10.5. The Hall–Kier alpha value is -2.17. The maximum atomic E-state index is 10.5. The summed E-state index contributed by atoms with van der Waals surface area (Å²) in [5.41, 5.74) is 1.58. The SMILES string of the molecule is CC(c1ccccc1)n1cc(CC(=O)O)nn1. The lowest BCUT2D eigenvalue weighted by Crippen LogP contribution is -2.07. The van der Waals surface area contributed by atoms with Gasteiger partial charge in [0.15, 0.2) is 0 Å². The number of hydrogen-bond donors (Lipinski definition) is 1. The van der Waals surface area contributed by atoms with Gasteiger partial charge in [-0.15, -0.1) is 5.10 Å². The molecule has 17 heavy (non-hydrogen) atoms. The van der Waals surface area contributed by atoms with Gasteiger partial charge in [0.25, 0.3) is 0 Å². The minimum absolute atomic E-state index is 0.0474. The summed E-state index contributed by atoms with van der Waals surface area (Å²) in [7, 11) is 0. The highest BCUT2D eigenvalue weighted by Gasteiger charge is 2.11. The minimum atomic E-state index is -0.899. The Bertz CT molecular complexity index is 507. The summed E-state index contributed by atoms with van der Waals surface area (Å²) in [5.74, 6) is -0.899. The van der Waals surface area contributed by atoms with E-state index in [1.165, 1.54) is 0 Å². The van der Waals surface area contributed by atoms with Crippen molar-refractivity contribution in [3.8, 4) is 0 Å². The van der Waals surface area contributed by atoms with Gasteiger partial charge in [0.1, 0.15) is 0 Å². The molecule has 0 fully saturated rings. The second kappa shape index (κ2) is 4.78. The number of carboxylic acid groups (broad SMARTS) is 1. The van der Waals surface area contributed by atoms with Crippen LogP contribution in [0.4, 0.5) is 0 Å². The van der Waals surface area contributed by atoms with Crippen LogP contribution in [-0.2, 0) is 11.2 Å². The number of carbonyl (C=O) groups is 1. The van der Waals surface area contributed by atoms with Crippen molar-refractivity contribution in [1.82, 2.24) is 15.0 Å². The molecule has 0 amide bonds. The van der Waals surface area contributed by atoms with Gasteiger partial charge in [-0.2, -0.15) is 0 Å². The van der Waals surface area contributed by atoms with Crippen molar-refractivity contribution in [3.63, 3.8) is 0 Å². The van der Waals surface area contributed by atoms with Gasteiger partial charge in [0.2, 0.25) is 0 Å². The molecule has 1 heterocycles. The fourth-order valence-corrected chi connectivity index (χ4v) is 1.62. The van der Waals surface area contributed by atoms with Crippen LogP contribution in [0.3, 0.4) is 0 Å². The van der Waals surface area contributed by atoms with Crippen molar-refractivity contribution in [3.05, 3.63) is 47.8 Å². The van der Waals surface area contributed by atoms with E-state index >= 15 is 0 Å². The van der Waals surface area contributed by atoms with Gasteiger partial charge >= 0.3 is 5.97 Å². The van der Waals surface area contributed by atoms with Crippen LogP contribution in [0.1, 0.15) is 24.2 Å². The Balaban J connectivity index is 2.17. The van der Waals surface area contributed by atoms with Crippen LogP contribution in [0.15, 0.2) is 36.5 Å². The highest BCUT2D eigenvalue weighted by atomic mass is 16.4. The van der Waals surface area contributed by atoms with Gasteiger partial charge in [-0.05, 0) is 12.5 Å². The molecule has 1 aromatic carbocycles. The van der Waals surface area contributed by atoms with Crippen molar-refractivity contribution in [2.75, 3.05) is 0 Å². The van der Waals surface area contributed by atoms with Gasteiger partial charge in [0, 0.05) is 6.20 Å². The fourth-order valence-electron chi connectivity index (χ4n) is 1.62. The first kappa shape index (κ1) is 11.3. The van der Waals surface area contributed by atoms with Crippen LogP contribution in [0.5, 0.6) is 0 Å². The third kappa shape index (κ3) is 2.69. The first-order valence-corrected chi connectivity index (χ1v) is 5.34. The highest BCUT2D eigenvalue weighted by molar-refractivity contribution is 5.69. The Kier molecular flexibility index (Phi) is 3.18. The number of carboxylic acids is 1. The molecule has 0 bridgehead atoms. The van der Waals surface area contributed by atoms with Gasteiger partial charge < -0.3 is 5.11 Å². The van der Waals surface area contributed by atoms with Crippen LogP contribution >= 0.6 is 0 Å². The molecule has 5 heteroatoms. The third-order valence-electron chi connectivity index (χ3n) is 2.57. The third-order valence-corrected chi connectivity index (χ3v) is 2.57. The lowest BCUT2D eigenvalue weighted by molar-refractivity contribution is -0.136. The quantitative estimate of drug-likeness (QED) is 0.866. The standard InChI is InChI=1S/C12H13N3O2/c1-9(10-5-3-2-4-6-10)15-8-11(13-14-15)7-12(16)17/h2-6,8-9H,7H2,1H3,(H,16,17). The molecule has 5 nitrogen and oxygen atoms in total. The van der Waals surface area contributed by atoms with Gasteiger partial charge in [-0.25, -0.2) is 4.68 Å². The number of aliphatic carboxylic acids is 1. The van der Waals surface area contributed by atoms with E-state index in [0.717, 1.165) is 5.56 Å². The van der Waals surface area contributed by atoms with Crippen molar-refractivity contribution in [1.29, 1.82) is 0 Å². The zero-order chi connectivity index (χ0) is 12.3. The van der Waals surface area contributed by atoms with E-state index < -0.39 is 5.97 Å². The molecule has 1 aromatic heterocycles. The van der Waals surface area contributed by atoms with Gasteiger partial charge in [-0.3, -0.25) is 4.79 Å². The van der Waals surface area contributed by atoms with Gasteiger partial charge in [0.05, 0.1) is 18.2 Å². The largest absolute Gasteiger partial charge is 0.481 e. The number of nitrogens with zero attached hydrogens (tertiary/aromatic N) is 3. The lowest BCUT2D eigenvalue weighted by Gasteiger charge is -2.10. The predicted molar refractivity (Wildman–Crippen MR) is 61.6 cm³/mol. The summed E-state index contributed by atoms with van der Waals surface area (Å²) < 4.78 is 1.67. The molecular weight excluding hydrogens is 218 g/mol. The smallest absolute Gasteiger partial charge is 0.309 e. The monoisotopic (exact) mass is 231 g/mol. The van der Waals surface area contributed by atoms with E-state index in [4.69, 9.17) is 5.11 Å². The normalized spacial score (nSPS) is 12.3. The van der Waals surface area contributed by atoms with Crippen LogP contribution in [0, 0.1) is 0 Å². The number of benzene rings is 1. The average Bonchev–Trinajstić information content (AvgIpc) is 2.77. The Labute approximate surface area is 98.7 Å². The van der Waals surface area contributed by atoms with E-state index in [0.29, 0.717) is 5.69 Å². The Morgan fingerprint density at radius 3 is 2.76 bits per heavy atom. The van der Waals surface area contributed by atoms with Crippen molar-refractivity contribution < 1.29 is 9.90 Å². The average molecular weight is 231 g/mol. The molecule has 88 valence electrons. The summed E-state index contributed by atoms with van der Waals surface area (Å²) in [6.45, 7) is 1.99. The molecule has 0 aliphatic rings. The van der Waals surface area contributed by atoms with Crippen molar-refractivity contribution in [2.24, 2.45) is 0 Å². The van der Waals surface area contributed by atoms with E-state index in [2.05, 4.69) is 10.3 Å². The van der Waals surface area contributed by atoms with Gasteiger partial charge in [-0.1, -0.05) is 35.5 Å². The minimum Gasteiger partial charge on any atom is -0.481 e. The van der Waals surface area contributed by atoms with Crippen molar-refractivity contribution in [2.45, 2.75) is 19.4 Å². The second-order valence-corrected chi connectivity index (χ2v) is 3.85. The Morgan fingerprint density at radius 1 is 1.41 bits per heavy atom. The maximum absolute atomic E-state index is 10.5. The fraction of sp³-hybridized carbons (Fsp3) is 0.250. The molecule has 1 N–H and O–H groups in total. The molecule has 0 aliphatic heterocycles. The van der Waals surface area contributed by atoms with E-state index in [1.807, 2.05) is 37.3 Å². The summed E-state index contributed by atoms with van der Waals surface area (Å²) in [6.07, 6.45) is 1.58. The van der Waals surface area contributed by atoms with Crippen LogP contribution in [-0.4, -0.2) is 26.1 Å². The zero-order valence-electron chi connectivity index (χ0n) is 9.45. The molecule has 0 aliphatic carbocycles. The molecule has 1 atom stereocenters. The number of rotatable bonds is 4. The molecule has 2 aromatic rings. The zero-order valence-corrected chi connectivity index (χ0v) is 9.45. The maximum Gasteiger partial charge on any atom is 0.309 e. The summed E-state index contributed by atoms with van der Waals surface area (Å²) >= 11 is 0. The first-order chi connectivity index (χ1) is 8.16. The van der Waals surface area contributed by atoms with E-state index in [1.54, 1.807) is 10.9 Å². The first-order valence-electron chi connectivity index (χ1n) is 5.34. The lowest BCUT2D eigenvalue weighted by atomic mass is 10.1. The predicted octanol–water partition coefficient (Wildman–Crippen LogP) is 1.51. The molecule has 1 unspecified atom stereocenters. The summed E-state index contributed by atoms with van der Waals surface area (Å²) in [5, 5.41) is 16.4. The highest BCUT2D eigenvalue weighted by Crippen LogP contribution is 2.16. The topological polar surface area (TPSA) is 68.0 Å². The molecular formula is C12H13N3O2. The number of hydrogen-bond acceptors (Lipinski definition) is 3. The second-order valence-electron chi connectivity index (χ2n) is 3.85. The molecule has 0 saturated heterocycles.